The van der Waals surface area contributed by atoms with Gasteiger partial charge in [0.2, 0.25) is 0 Å². The maximum absolute atomic E-state index is 10.8. The molecule has 1 rings (SSSR count). The summed E-state index contributed by atoms with van der Waals surface area (Å²) in [5.41, 5.74) is 1.30. The van der Waals surface area contributed by atoms with Crippen LogP contribution in [0, 0.1) is 13.8 Å². The van der Waals surface area contributed by atoms with Crippen LogP contribution in [0.15, 0.2) is 6.07 Å². The minimum Gasteiger partial charge on any atom is -0.478 e. The highest BCUT2D eigenvalue weighted by atomic mass is 35.5. The van der Waals surface area contributed by atoms with E-state index in [-0.39, 0.29) is 5.56 Å². The van der Waals surface area contributed by atoms with E-state index in [4.69, 9.17) is 28.3 Å². The number of halogens is 2. The summed E-state index contributed by atoms with van der Waals surface area (Å²) in [5, 5.41) is 9.64. The molecular formula is C9H8Cl2O2. The molecule has 0 bridgehead atoms. The smallest absolute Gasteiger partial charge is 0.336 e. The molecule has 13 heavy (non-hydrogen) atoms. The molecule has 1 N–H and O–H groups in total. The lowest BCUT2D eigenvalue weighted by Gasteiger charge is -2.08. The molecule has 70 valence electrons. The fourth-order valence-electron chi connectivity index (χ4n) is 1.17. The zero-order valence-corrected chi connectivity index (χ0v) is 8.70. The van der Waals surface area contributed by atoms with Gasteiger partial charge < -0.3 is 5.11 Å². The van der Waals surface area contributed by atoms with Gasteiger partial charge in [0.05, 0.1) is 5.56 Å². The molecule has 0 unspecified atom stereocenters. The number of carbonyl (C=O) groups is 1. The fourth-order valence-corrected chi connectivity index (χ4v) is 1.63. The maximum Gasteiger partial charge on any atom is 0.336 e. The Balaban J connectivity index is 3.56. The number of aromatic carboxylic acids is 1. The number of benzene rings is 1. The van der Waals surface area contributed by atoms with Crippen molar-refractivity contribution < 1.29 is 9.90 Å². The lowest BCUT2D eigenvalue weighted by Crippen LogP contribution is -2.03. The molecule has 0 fully saturated rings. The largest absolute Gasteiger partial charge is 0.478 e. The van der Waals surface area contributed by atoms with Crippen molar-refractivity contribution in [1.82, 2.24) is 0 Å². The van der Waals surface area contributed by atoms with Crippen LogP contribution in [-0.2, 0) is 0 Å². The Morgan fingerprint density at radius 3 is 1.92 bits per heavy atom. The molecular weight excluding hydrogens is 211 g/mol. The molecule has 0 saturated heterocycles. The first kappa shape index (κ1) is 10.4. The molecule has 0 amide bonds. The molecule has 0 radical (unpaired) electrons. The number of carboxylic acids is 1. The van der Waals surface area contributed by atoms with Gasteiger partial charge in [-0.2, -0.15) is 0 Å². The summed E-state index contributed by atoms with van der Waals surface area (Å²) in [4.78, 5) is 10.8. The van der Waals surface area contributed by atoms with Gasteiger partial charge in [-0.15, -0.1) is 0 Å². The zero-order chi connectivity index (χ0) is 10.2. The SMILES string of the molecule is Cc1c(Cl)cc(Cl)c(C)c1C(=O)O. The van der Waals surface area contributed by atoms with Crippen LogP contribution in [0.2, 0.25) is 10.0 Å². The second-order valence-electron chi connectivity index (χ2n) is 2.77. The van der Waals surface area contributed by atoms with E-state index >= 15 is 0 Å². The molecule has 0 atom stereocenters. The molecule has 0 aromatic heterocycles. The Morgan fingerprint density at radius 2 is 1.62 bits per heavy atom. The normalized spacial score (nSPS) is 10.2. The van der Waals surface area contributed by atoms with Gasteiger partial charge in [-0.05, 0) is 31.0 Å². The minimum atomic E-state index is -1.00. The van der Waals surface area contributed by atoms with Gasteiger partial charge in [0.25, 0.3) is 0 Å². The van der Waals surface area contributed by atoms with E-state index in [0.29, 0.717) is 21.2 Å². The molecule has 0 aliphatic rings. The monoisotopic (exact) mass is 218 g/mol. The van der Waals surface area contributed by atoms with E-state index < -0.39 is 5.97 Å². The Bertz CT molecular complexity index is 346. The van der Waals surface area contributed by atoms with E-state index in [1.807, 2.05) is 0 Å². The Hall–Kier alpha value is -0.730. The van der Waals surface area contributed by atoms with E-state index in [0.717, 1.165) is 0 Å². The summed E-state index contributed by atoms with van der Waals surface area (Å²) in [5.74, 6) is -1.00. The third-order valence-corrected chi connectivity index (χ3v) is 2.72. The van der Waals surface area contributed by atoms with Crippen molar-refractivity contribution in [2.24, 2.45) is 0 Å². The number of carboxylic acid groups (broad SMARTS) is 1. The average Bonchev–Trinajstić information content (AvgIpc) is 2.01. The van der Waals surface area contributed by atoms with Gasteiger partial charge >= 0.3 is 5.97 Å². The summed E-state index contributed by atoms with van der Waals surface area (Å²) in [6.45, 7) is 3.32. The third kappa shape index (κ3) is 1.79. The Kier molecular flexibility index (Phi) is 2.84. The standard InChI is InChI=1S/C9H8Cl2O2/c1-4-6(10)3-7(11)5(2)8(4)9(12)13/h3H,1-2H3,(H,12,13). The van der Waals surface area contributed by atoms with E-state index in [1.165, 1.54) is 0 Å². The van der Waals surface area contributed by atoms with Crippen molar-refractivity contribution >= 4 is 29.2 Å². The highest BCUT2D eigenvalue weighted by Crippen LogP contribution is 2.28. The van der Waals surface area contributed by atoms with Crippen LogP contribution in [0.25, 0.3) is 0 Å². The first-order valence-electron chi connectivity index (χ1n) is 3.63. The second-order valence-corrected chi connectivity index (χ2v) is 3.58. The highest BCUT2D eigenvalue weighted by molar-refractivity contribution is 6.36. The van der Waals surface area contributed by atoms with Crippen molar-refractivity contribution in [2.45, 2.75) is 13.8 Å². The molecule has 0 saturated carbocycles. The van der Waals surface area contributed by atoms with Crippen molar-refractivity contribution in [2.75, 3.05) is 0 Å². The van der Waals surface area contributed by atoms with Crippen molar-refractivity contribution in [3.05, 3.63) is 32.8 Å². The third-order valence-electron chi connectivity index (χ3n) is 1.93. The lowest BCUT2D eigenvalue weighted by atomic mass is 10.0. The van der Waals surface area contributed by atoms with E-state index in [9.17, 15) is 4.79 Å². The van der Waals surface area contributed by atoms with Crippen molar-refractivity contribution in [3.8, 4) is 0 Å². The van der Waals surface area contributed by atoms with Crippen LogP contribution in [0.4, 0.5) is 0 Å². The van der Waals surface area contributed by atoms with Gasteiger partial charge in [-0.25, -0.2) is 4.79 Å². The second kappa shape index (κ2) is 3.56. The Labute approximate surface area is 86.1 Å². The molecule has 2 nitrogen and oxygen atoms in total. The van der Waals surface area contributed by atoms with E-state index in [1.54, 1.807) is 19.9 Å². The summed E-state index contributed by atoms with van der Waals surface area (Å²) >= 11 is 11.6. The van der Waals surface area contributed by atoms with E-state index in [2.05, 4.69) is 0 Å². The number of hydrogen-bond acceptors (Lipinski definition) is 1. The average molecular weight is 219 g/mol. The van der Waals surface area contributed by atoms with Crippen LogP contribution in [0.1, 0.15) is 21.5 Å². The fraction of sp³-hybridized carbons (Fsp3) is 0.222. The van der Waals surface area contributed by atoms with Gasteiger partial charge in [-0.3, -0.25) is 0 Å². The van der Waals surface area contributed by atoms with Crippen molar-refractivity contribution in [1.29, 1.82) is 0 Å². The predicted molar refractivity (Wildman–Crippen MR) is 52.9 cm³/mol. The molecule has 0 aliphatic carbocycles. The van der Waals surface area contributed by atoms with Crippen LogP contribution < -0.4 is 0 Å². The van der Waals surface area contributed by atoms with Gasteiger partial charge in [0, 0.05) is 10.0 Å². The summed E-state index contributed by atoms with van der Waals surface area (Å²) < 4.78 is 0. The lowest BCUT2D eigenvalue weighted by molar-refractivity contribution is 0.0695. The van der Waals surface area contributed by atoms with Crippen LogP contribution in [-0.4, -0.2) is 11.1 Å². The summed E-state index contributed by atoms with van der Waals surface area (Å²) in [6.07, 6.45) is 0. The molecule has 0 spiro atoms. The number of rotatable bonds is 1. The number of hydrogen-bond donors (Lipinski definition) is 1. The van der Waals surface area contributed by atoms with Gasteiger partial charge in [-0.1, -0.05) is 23.2 Å². The topological polar surface area (TPSA) is 37.3 Å². The summed E-state index contributed by atoms with van der Waals surface area (Å²) in [6, 6.07) is 1.56. The van der Waals surface area contributed by atoms with Crippen LogP contribution >= 0.6 is 23.2 Å². The van der Waals surface area contributed by atoms with Crippen LogP contribution in [0.5, 0.6) is 0 Å². The highest BCUT2D eigenvalue weighted by Gasteiger charge is 2.15. The molecule has 0 aliphatic heterocycles. The quantitative estimate of drug-likeness (QED) is 0.786. The molecule has 4 heteroatoms. The first-order chi connectivity index (χ1) is 5.95. The maximum atomic E-state index is 10.8. The minimum absolute atomic E-state index is 0.192. The van der Waals surface area contributed by atoms with Gasteiger partial charge in [0.1, 0.15) is 0 Å². The molecule has 1 aromatic carbocycles. The molecule has 1 aromatic rings. The summed E-state index contributed by atoms with van der Waals surface area (Å²) in [7, 11) is 0. The molecule has 0 heterocycles. The predicted octanol–water partition coefficient (Wildman–Crippen LogP) is 3.31. The zero-order valence-electron chi connectivity index (χ0n) is 7.19. The van der Waals surface area contributed by atoms with Gasteiger partial charge in [0.15, 0.2) is 0 Å². The Morgan fingerprint density at radius 1 is 1.23 bits per heavy atom. The first-order valence-corrected chi connectivity index (χ1v) is 4.39. The van der Waals surface area contributed by atoms with Crippen LogP contribution in [0.3, 0.4) is 0 Å². The van der Waals surface area contributed by atoms with Crippen molar-refractivity contribution in [3.63, 3.8) is 0 Å².